The van der Waals surface area contributed by atoms with Gasteiger partial charge in [-0.25, -0.2) is 4.68 Å². The molecule has 1 unspecified atom stereocenters. The van der Waals surface area contributed by atoms with E-state index in [0.29, 0.717) is 18.8 Å². The summed E-state index contributed by atoms with van der Waals surface area (Å²) in [6, 6.07) is -0.490. The van der Waals surface area contributed by atoms with Crippen molar-refractivity contribution in [1.29, 1.82) is 0 Å². The maximum Gasteiger partial charge on any atom is 0.287 e. The third-order valence-corrected chi connectivity index (χ3v) is 3.29. The molecule has 1 atom stereocenters. The second-order valence-corrected chi connectivity index (χ2v) is 5.68. The number of likely N-dealkylation sites (N-methyl/N-ethyl adjacent to an activating group) is 2. The Kier molecular flexibility index (Phi) is 6.17. The van der Waals surface area contributed by atoms with Gasteiger partial charge in [-0.15, -0.1) is 0 Å². The van der Waals surface area contributed by atoms with Crippen LogP contribution in [0, 0.1) is 0 Å². The number of amides is 1. The Labute approximate surface area is 129 Å². The van der Waals surface area contributed by atoms with Gasteiger partial charge in [0.2, 0.25) is 5.91 Å². The van der Waals surface area contributed by atoms with Gasteiger partial charge in [0.15, 0.2) is 0 Å². The summed E-state index contributed by atoms with van der Waals surface area (Å²) >= 11 is 6.07. The van der Waals surface area contributed by atoms with Gasteiger partial charge in [-0.2, -0.15) is 5.10 Å². The molecule has 7 nitrogen and oxygen atoms in total. The van der Waals surface area contributed by atoms with E-state index in [1.54, 1.807) is 21.0 Å². The average Bonchev–Trinajstić information content (AvgIpc) is 2.41. The van der Waals surface area contributed by atoms with Gasteiger partial charge < -0.3 is 15.1 Å². The summed E-state index contributed by atoms with van der Waals surface area (Å²) in [5, 5.41) is 7.03. The zero-order valence-electron chi connectivity index (χ0n) is 13.1. The predicted octanol–water partition coefficient (Wildman–Crippen LogP) is 0.347. The highest BCUT2D eigenvalue weighted by molar-refractivity contribution is 6.33. The molecule has 0 saturated heterocycles. The summed E-state index contributed by atoms with van der Waals surface area (Å²) in [6.45, 7) is 2.85. The molecule has 1 heterocycles. The van der Waals surface area contributed by atoms with Crippen LogP contribution in [0.5, 0.6) is 0 Å². The fourth-order valence-electron chi connectivity index (χ4n) is 1.70. The lowest BCUT2D eigenvalue weighted by Crippen LogP contribution is -2.37. The van der Waals surface area contributed by atoms with Gasteiger partial charge in [0, 0.05) is 20.6 Å². The van der Waals surface area contributed by atoms with Crippen molar-refractivity contribution in [3.63, 3.8) is 0 Å². The van der Waals surface area contributed by atoms with Crippen LogP contribution in [-0.2, 0) is 11.3 Å². The molecular formula is C13H22ClN5O2. The number of halogens is 1. The predicted molar refractivity (Wildman–Crippen MR) is 83.8 cm³/mol. The Balaban J connectivity index is 2.89. The molecule has 0 bridgehead atoms. The third-order valence-electron chi connectivity index (χ3n) is 2.93. The Hall–Kier alpha value is -1.60. The second kappa shape index (κ2) is 7.42. The van der Waals surface area contributed by atoms with Crippen molar-refractivity contribution in [2.24, 2.45) is 0 Å². The Morgan fingerprint density at radius 2 is 2.05 bits per heavy atom. The standard InChI is InChI=1S/C13H22ClN5O2/c1-9(12(20)18(4)5)16-10-8-15-19(7-6-17(2)3)13(21)11(10)14/h8-9,16H,6-7H2,1-5H3. The molecule has 0 aliphatic heterocycles. The lowest BCUT2D eigenvalue weighted by molar-refractivity contribution is -0.129. The minimum Gasteiger partial charge on any atom is -0.371 e. The average molecular weight is 316 g/mol. The summed E-state index contributed by atoms with van der Waals surface area (Å²) in [4.78, 5) is 27.3. The van der Waals surface area contributed by atoms with Crippen molar-refractivity contribution < 1.29 is 4.79 Å². The molecule has 0 radical (unpaired) electrons. The van der Waals surface area contributed by atoms with Crippen LogP contribution in [-0.4, -0.2) is 66.3 Å². The van der Waals surface area contributed by atoms with E-state index in [4.69, 9.17) is 11.6 Å². The van der Waals surface area contributed by atoms with Crippen LogP contribution >= 0.6 is 11.6 Å². The Morgan fingerprint density at radius 3 is 2.57 bits per heavy atom. The second-order valence-electron chi connectivity index (χ2n) is 5.30. The molecule has 0 fully saturated rings. The summed E-state index contributed by atoms with van der Waals surface area (Å²) in [6.07, 6.45) is 1.47. The molecule has 1 rings (SSSR count). The lowest BCUT2D eigenvalue weighted by Gasteiger charge is -2.19. The molecular weight excluding hydrogens is 294 g/mol. The monoisotopic (exact) mass is 315 g/mol. The SMILES string of the molecule is CC(Nc1cnn(CCN(C)C)c(=O)c1Cl)C(=O)N(C)C. The van der Waals surface area contributed by atoms with Crippen molar-refractivity contribution in [3.8, 4) is 0 Å². The van der Waals surface area contributed by atoms with Crippen LogP contribution in [0.3, 0.4) is 0 Å². The van der Waals surface area contributed by atoms with Crippen LogP contribution in [0.25, 0.3) is 0 Å². The fraction of sp³-hybridized carbons (Fsp3) is 0.615. The van der Waals surface area contributed by atoms with Crippen molar-refractivity contribution in [3.05, 3.63) is 21.6 Å². The minimum atomic E-state index is -0.490. The van der Waals surface area contributed by atoms with Crippen LogP contribution in [0.1, 0.15) is 6.92 Å². The van der Waals surface area contributed by atoms with Crippen LogP contribution in [0.4, 0.5) is 5.69 Å². The number of hydrogen-bond donors (Lipinski definition) is 1. The number of nitrogens with one attached hydrogen (secondary N) is 1. The van der Waals surface area contributed by atoms with Crippen molar-refractivity contribution in [2.45, 2.75) is 19.5 Å². The smallest absolute Gasteiger partial charge is 0.287 e. The summed E-state index contributed by atoms with van der Waals surface area (Å²) < 4.78 is 1.31. The molecule has 0 aromatic carbocycles. The van der Waals surface area contributed by atoms with Crippen molar-refractivity contribution >= 4 is 23.2 Å². The highest BCUT2D eigenvalue weighted by Gasteiger charge is 2.17. The molecule has 0 spiro atoms. The summed E-state index contributed by atoms with van der Waals surface area (Å²) in [5.41, 5.74) is -0.00140. The summed E-state index contributed by atoms with van der Waals surface area (Å²) in [7, 11) is 7.16. The van der Waals surface area contributed by atoms with Gasteiger partial charge in [0.1, 0.15) is 11.1 Å². The van der Waals surface area contributed by atoms with Crippen molar-refractivity contribution in [1.82, 2.24) is 19.6 Å². The number of nitrogens with zero attached hydrogens (tertiary/aromatic N) is 4. The maximum atomic E-state index is 12.1. The maximum absolute atomic E-state index is 12.1. The molecule has 21 heavy (non-hydrogen) atoms. The van der Waals surface area contributed by atoms with E-state index in [-0.39, 0.29) is 16.5 Å². The number of aromatic nitrogens is 2. The minimum absolute atomic E-state index is 0.0437. The fourth-order valence-corrected chi connectivity index (χ4v) is 1.90. The molecule has 0 aliphatic rings. The number of carbonyl (C=O) groups is 1. The first kappa shape index (κ1) is 17.5. The van der Waals surface area contributed by atoms with E-state index >= 15 is 0 Å². The van der Waals surface area contributed by atoms with E-state index in [9.17, 15) is 9.59 Å². The van der Waals surface area contributed by atoms with Crippen LogP contribution in [0.2, 0.25) is 5.02 Å². The van der Waals surface area contributed by atoms with Gasteiger partial charge in [0.05, 0.1) is 18.4 Å². The van der Waals surface area contributed by atoms with Crippen LogP contribution < -0.4 is 10.9 Å². The summed E-state index contributed by atoms with van der Waals surface area (Å²) in [5.74, 6) is -0.108. The molecule has 1 aromatic rings. The highest BCUT2D eigenvalue weighted by Crippen LogP contribution is 2.16. The first-order chi connectivity index (χ1) is 9.73. The van der Waals surface area contributed by atoms with Gasteiger partial charge >= 0.3 is 0 Å². The molecule has 0 saturated carbocycles. The highest BCUT2D eigenvalue weighted by atomic mass is 35.5. The first-order valence-corrected chi connectivity index (χ1v) is 7.00. The van der Waals surface area contributed by atoms with Gasteiger partial charge in [-0.05, 0) is 21.0 Å². The van der Waals surface area contributed by atoms with E-state index in [1.807, 2.05) is 19.0 Å². The molecule has 1 N–H and O–H groups in total. The zero-order chi connectivity index (χ0) is 16.2. The van der Waals surface area contributed by atoms with Gasteiger partial charge in [0.25, 0.3) is 5.56 Å². The Morgan fingerprint density at radius 1 is 1.43 bits per heavy atom. The van der Waals surface area contributed by atoms with E-state index in [0.717, 1.165) is 0 Å². The normalized spacial score (nSPS) is 12.3. The third kappa shape index (κ3) is 4.71. The topological polar surface area (TPSA) is 70.5 Å². The largest absolute Gasteiger partial charge is 0.371 e. The molecule has 0 aliphatic carbocycles. The molecule has 1 amide bonds. The van der Waals surface area contributed by atoms with E-state index < -0.39 is 6.04 Å². The number of anilines is 1. The van der Waals surface area contributed by atoms with E-state index in [1.165, 1.54) is 15.8 Å². The van der Waals surface area contributed by atoms with E-state index in [2.05, 4.69) is 10.4 Å². The zero-order valence-corrected chi connectivity index (χ0v) is 13.8. The van der Waals surface area contributed by atoms with Crippen molar-refractivity contribution in [2.75, 3.05) is 40.1 Å². The van der Waals surface area contributed by atoms with Crippen LogP contribution in [0.15, 0.2) is 11.0 Å². The lowest BCUT2D eigenvalue weighted by atomic mass is 10.3. The first-order valence-electron chi connectivity index (χ1n) is 6.62. The molecule has 118 valence electrons. The van der Waals surface area contributed by atoms with Gasteiger partial charge in [-0.3, -0.25) is 9.59 Å². The molecule has 8 heteroatoms. The number of hydrogen-bond acceptors (Lipinski definition) is 5. The Bertz CT molecular complexity index is 556. The van der Waals surface area contributed by atoms with Gasteiger partial charge in [-0.1, -0.05) is 11.6 Å². The quantitative estimate of drug-likeness (QED) is 0.820. The number of rotatable bonds is 6. The number of carbonyl (C=O) groups excluding carboxylic acids is 1. The molecule has 1 aromatic heterocycles.